The average Bonchev–Trinajstić information content (AvgIpc) is 2.88. The molecule has 1 aromatic heterocycles. The predicted octanol–water partition coefficient (Wildman–Crippen LogP) is 1.42. The van der Waals surface area contributed by atoms with Gasteiger partial charge in [-0.1, -0.05) is 20.8 Å². The molecule has 1 aromatic rings. The SMILES string of the molecule is CC(C)(C)C1CCN(S(=O)(=O)c2cccnc2NN)C1. The molecule has 0 amide bonds. The Labute approximate surface area is 120 Å². The van der Waals surface area contributed by atoms with Crippen molar-refractivity contribution in [3.63, 3.8) is 0 Å². The first-order valence-corrected chi connectivity index (χ1v) is 8.12. The van der Waals surface area contributed by atoms with Gasteiger partial charge in [-0.3, -0.25) is 0 Å². The molecular formula is C13H22N4O2S. The predicted molar refractivity (Wildman–Crippen MR) is 78.4 cm³/mol. The van der Waals surface area contributed by atoms with Crippen LogP contribution in [0.25, 0.3) is 0 Å². The minimum Gasteiger partial charge on any atom is -0.307 e. The summed E-state index contributed by atoms with van der Waals surface area (Å²) in [6.45, 7) is 7.52. The molecular weight excluding hydrogens is 276 g/mol. The van der Waals surface area contributed by atoms with Gasteiger partial charge in [0.15, 0.2) is 5.82 Å². The quantitative estimate of drug-likeness (QED) is 0.651. The molecule has 0 spiro atoms. The highest BCUT2D eigenvalue weighted by Crippen LogP contribution is 2.36. The summed E-state index contributed by atoms with van der Waals surface area (Å²) in [5.74, 6) is 5.90. The number of rotatable bonds is 3. The smallest absolute Gasteiger partial charge is 0.246 e. The third kappa shape index (κ3) is 2.79. The summed E-state index contributed by atoms with van der Waals surface area (Å²) in [6.07, 6.45) is 2.39. The minimum absolute atomic E-state index is 0.105. The molecule has 2 rings (SSSR count). The Morgan fingerprint density at radius 3 is 2.70 bits per heavy atom. The molecule has 1 saturated heterocycles. The van der Waals surface area contributed by atoms with Crippen LogP contribution in [0, 0.1) is 11.3 Å². The Balaban J connectivity index is 2.29. The average molecular weight is 298 g/mol. The Kier molecular flexibility index (Phi) is 4.04. The number of nitrogens with two attached hydrogens (primary N) is 1. The lowest BCUT2D eigenvalue weighted by atomic mass is 9.80. The molecule has 3 N–H and O–H groups in total. The van der Waals surface area contributed by atoms with Crippen molar-refractivity contribution >= 4 is 15.8 Å². The highest BCUT2D eigenvalue weighted by molar-refractivity contribution is 7.89. The van der Waals surface area contributed by atoms with Crippen molar-refractivity contribution in [3.8, 4) is 0 Å². The van der Waals surface area contributed by atoms with Crippen LogP contribution in [0.5, 0.6) is 0 Å². The van der Waals surface area contributed by atoms with Crippen molar-refractivity contribution < 1.29 is 8.42 Å². The number of hydrogen-bond acceptors (Lipinski definition) is 5. The van der Waals surface area contributed by atoms with Crippen LogP contribution < -0.4 is 11.3 Å². The van der Waals surface area contributed by atoms with Gasteiger partial charge in [-0.15, -0.1) is 0 Å². The third-order valence-corrected chi connectivity index (χ3v) is 5.80. The summed E-state index contributed by atoms with van der Waals surface area (Å²) in [6, 6.07) is 3.13. The molecule has 1 aliphatic heterocycles. The number of pyridine rings is 1. The van der Waals surface area contributed by atoms with E-state index in [4.69, 9.17) is 5.84 Å². The first-order valence-electron chi connectivity index (χ1n) is 6.68. The fraction of sp³-hybridized carbons (Fsp3) is 0.615. The normalized spacial score (nSPS) is 21.1. The molecule has 0 aliphatic carbocycles. The van der Waals surface area contributed by atoms with Crippen LogP contribution in [0.2, 0.25) is 0 Å². The molecule has 0 aromatic carbocycles. The Bertz CT molecular complexity index is 580. The lowest BCUT2D eigenvalue weighted by Gasteiger charge is -2.27. The zero-order valence-electron chi connectivity index (χ0n) is 12.1. The molecule has 1 aliphatic rings. The van der Waals surface area contributed by atoms with Gasteiger partial charge in [0, 0.05) is 19.3 Å². The van der Waals surface area contributed by atoms with Gasteiger partial charge in [-0.2, -0.15) is 4.31 Å². The fourth-order valence-electron chi connectivity index (χ4n) is 2.50. The first-order chi connectivity index (χ1) is 9.26. The van der Waals surface area contributed by atoms with Crippen LogP contribution in [-0.4, -0.2) is 30.8 Å². The lowest BCUT2D eigenvalue weighted by molar-refractivity contribution is 0.252. The number of hydrogen-bond donors (Lipinski definition) is 2. The topological polar surface area (TPSA) is 88.3 Å². The largest absolute Gasteiger partial charge is 0.307 e. The molecule has 0 saturated carbocycles. The number of aromatic nitrogens is 1. The monoisotopic (exact) mass is 298 g/mol. The van der Waals surface area contributed by atoms with E-state index in [9.17, 15) is 8.42 Å². The van der Waals surface area contributed by atoms with Crippen LogP contribution in [0.1, 0.15) is 27.2 Å². The van der Waals surface area contributed by atoms with Crippen LogP contribution >= 0.6 is 0 Å². The van der Waals surface area contributed by atoms with E-state index in [0.717, 1.165) is 6.42 Å². The van der Waals surface area contributed by atoms with Gasteiger partial charge in [0.05, 0.1) is 0 Å². The van der Waals surface area contributed by atoms with E-state index in [1.54, 1.807) is 6.07 Å². The van der Waals surface area contributed by atoms with E-state index in [1.807, 2.05) is 0 Å². The molecule has 0 radical (unpaired) electrons. The van der Waals surface area contributed by atoms with Gasteiger partial charge in [-0.25, -0.2) is 19.2 Å². The maximum atomic E-state index is 12.7. The number of anilines is 1. The summed E-state index contributed by atoms with van der Waals surface area (Å²) in [7, 11) is -3.55. The molecule has 112 valence electrons. The van der Waals surface area contributed by atoms with Gasteiger partial charge < -0.3 is 5.43 Å². The molecule has 20 heavy (non-hydrogen) atoms. The van der Waals surface area contributed by atoms with E-state index in [2.05, 4.69) is 31.2 Å². The standard InChI is InChI=1S/C13H22N4O2S/c1-13(2,3)10-6-8-17(9-10)20(18,19)11-5-4-7-15-12(11)16-14/h4-5,7,10H,6,8-9,14H2,1-3H3,(H,15,16). The molecule has 2 heterocycles. The summed E-state index contributed by atoms with van der Waals surface area (Å²) in [5, 5.41) is 0. The zero-order valence-corrected chi connectivity index (χ0v) is 12.9. The summed E-state index contributed by atoms with van der Waals surface area (Å²) in [5.41, 5.74) is 2.45. The van der Waals surface area contributed by atoms with E-state index < -0.39 is 10.0 Å². The number of nitrogens with zero attached hydrogens (tertiary/aromatic N) is 2. The van der Waals surface area contributed by atoms with Gasteiger partial charge in [-0.05, 0) is 29.9 Å². The van der Waals surface area contributed by atoms with Crippen LogP contribution in [0.4, 0.5) is 5.82 Å². The van der Waals surface area contributed by atoms with Gasteiger partial charge in [0.2, 0.25) is 10.0 Å². The summed E-state index contributed by atoms with van der Waals surface area (Å²) >= 11 is 0. The number of hydrazine groups is 1. The number of nitrogens with one attached hydrogen (secondary N) is 1. The van der Waals surface area contributed by atoms with Crippen LogP contribution in [0.3, 0.4) is 0 Å². The molecule has 6 nitrogen and oxygen atoms in total. The maximum absolute atomic E-state index is 12.7. The van der Waals surface area contributed by atoms with Crippen LogP contribution in [-0.2, 0) is 10.0 Å². The Morgan fingerprint density at radius 2 is 2.15 bits per heavy atom. The van der Waals surface area contributed by atoms with Crippen molar-refractivity contribution in [1.82, 2.24) is 9.29 Å². The van der Waals surface area contributed by atoms with E-state index >= 15 is 0 Å². The first kappa shape index (κ1) is 15.2. The van der Waals surface area contributed by atoms with Gasteiger partial charge in [0.1, 0.15) is 4.90 Å². The highest BCUT2D eigenvalue weighted by Gasteiger charge is 2.38. The Hall–Kier alpha value is -1.18. The number of nitrogen functional groups attached to an aromatic ring is 1. The van der Waals surface area contributed by atoms with Gasteiger partial charge >= 0.3 is 0 Å². The maximum Gasteiger partial charge on any atom is 0.246 e. The molecule has 1 fully saturated rings. The minimum atomic E-state index is -3.55. The van der Waals surface area contributed by atoms with Crippen LogP contribution in [0.15, 0.2) is 23.2 Å². The Morgan fingerprint density at radius 1 is 1.45 bits per heavy atom. The van der Waals surface area contributed by atoms with Crippen molar-refractivity contribution in [1.29, 1.82) is 0 Å². The molecule has 0 bridgehead atoms. The lowest BCUT2D eigenvalue weighted by Crippen LogP contribution is -2.32. The van der Waals surface area contributed by atoms with Crippen molar-refractivity contribution in [2.75, 3.05) is 18.5 Å². The molecule has 1 unspecified atom stereocenters. The van der Waals surface area contributed by atoms with Crippen molar-refractivity contribution in [2.45, 2.75) is 32.1 Å². The highest BCUT2D eigenvalue weighted by atomic mass is 32.2. The van der Waals surface area contributed by atoms with Gasteiger partial charge in [0.25, 0.3) is 0 Å². The molecule has 7 heteroatoms. The van der Waals surface area contributed by atoms with Crippen molar-refractivity contribution in [2.24, 2.45) is 17.2 Å². The second-order valence-corrected chi connectivity index (χ2v) is 8.12. The molecule has 1 atom stereocenters. The fourth-order valence-corrected chi connectivity index (χ4v) is 4.11. The third-order valence-electron chi connectivity index (χ3n) is 3.90. The zero-order chi connectivity index (χ0) is 15.0. The number of sulfonamides is 1. The van der Waals surface area contributed by atoms with E-state index in [0.29, 0.717) is 19.0 Å². The summed E-state index contributed by atoms with van der Waals surface area (Å²) < 4.78 is 26.9. The van der Waals surface area contributed by atoms with Crippen molar-refractivity contribution in [3.05, 3.63) is 18.3 Å². The second kappa shape index (κ2) is 5.31. The summed E-state index contributed by atoms with van der Waals surface area (Å²) in [4.78, 5) is 4.10. The van der Waals surface area contributed by atoms with E-state index in [-0.39, 0.29) is 16.1 Å². The second-order valence-electron chi connectivity index (χ2n) is 6.21. The van der Waals surface area contributed by atoms with E-state index in [1.165, 1.54) is 16.6 Å².